The van der Waals surface area contributed by atoms with Gasteiger partial charge in [-0.2, -0.15) is 0 Å². The molecule has 9 nitrogen and oxygen atoms in total. The standard InChI is InChI=1S/C47H84NO8P/c1-5-7-9-11-13-15-17-19-21-22-23-24-26-28-30-32-34-36-38-40-47(50)56-45(44-55-57(51,52)54-42-41-48(3)4)43-53-46(49)39-37-35-33-31-29-27-25-20-18-16-14-12-10-8-6-2/h8,10,14,16,19-21,25,29,31,45H,5-7,9,11-13,15,17-18,22-24,26-28,30,32-44H2,1-4H3,(H,51,52)/b10-8-,16-14-,21-19-,25-20-,31-29-. The highest BCUT2D eigenvalue weighted by Gasteiger charge is 2.26. The molecule has 0 amide bonds. The van der Waals surface area contributed by atoms with Gasteiger partial charge < -0.3 is 19.3 Å². The van der Waals surface area contributed by atoms with Gasteiger partial charge in [0.25, 0.3) is 0 Å². The molecule has 0 heterocycles. The van der Waals surface area contributed by atoms with Crippen molar-refractivity contribution in [1.29, 1.82) is 0 Å². The molecule has 57 heavy (non-hydrogen) atoms. The fourth-order valence-corrected chi connectivity index (χ4v) is 6.59. The molecule has 0 aliphatic heterocycles. The van der Waals surface area contributed by atoms with Crippen LogP contribution in [0.15, 0.2) is 60.8 Å². The summed E-state index contributed by atoms with van der Waals surface area (Å²) in [6, 6.07) is 0. The molecule has 0 fully saturated rings. The minimum atomic E-state index is -4.37. The van der Waals surface area contributed by atoms with Crippen molar-refractivity contribution in [3.8, 4) is 0 Å². The smallest absolute Gasteiger partial charge is 0.462 e. The van der Waals surface area contributed by atoms with E-state index in [0.717, 1.165) is 57.8 Å². The quantitative estimate of drug-likeness (QED) is 0.0279. The first kappa shape index (κ1) is 54.7. The molecule has 330 valence electrons. The molecule has 0 rings (SSSR count). The summed E-state index contributed by atoms with van der Waals surface area (Å²) >= 11 is 0. The number of hydrogen-bond acceptors (Lipinski definition) is 8. The van der Waals surface area contributed by atoms with E-state index in [4.69, 9.17) is 18.5 Å². The van der Waals surface area contributed by atoms with Crippen LogP contribution in [0.5, 0.6) is 0 Å². The van der Waals surface area contributed by atoms with Crippen LogP contribution in [0.1, 0.15) is 181 Å². The van der Waals surface area contributed by atoms with Crippen LogP contribution < -0.4 is 0 Å². The number of hydrogen-bond donors (Lipinski definition) is 1. The zero-order chi connectivity index (χ0) is 41.9. The monoisotopic (exact) mass is 822 g/mol. The van der Waals surface area contributed by atoms with Crippen LogP contribution in [0.4, 0.5) is 0 Å². The summed E-state index contributed by atoms with van der Waals surface area (Å²) in [6.07, 6.45) is 48.4. The second kappa shape index (κ2) is 41.9. The van der Waals surface area contributed by atoms with E-state index < -0.39 is 32.5 Å². The third kappa shape index (κ3) is 43.1. The second-order valence-corrected chi connectivity index (χ2v) is 16.6. The van der Waals surface area contributed by atoms with E-state index in [1.165, 1.54) is 83.5 Å². The number of likely N-dealkylation sites (N-methyl/N-ethyl adjacent to an activating group) is 1. The molecule has 0 aliphatic carbocycles. The van der Waals surface area contributed by atoms with E-state index in [-0.39, 0.29) is 26.1 Å². The number of esters is 2. The summed E-state index contributed by atoms with van der Waals surface area (Å²) in [6.45, 7) is 4.15. The largest absolute Gasteiger partial charge is 0.472 e. The number of unbranched alkanes of at least 4 members (excludes halogenated alkanes) is 17. The Balaban J connectivity index is 4.32. The maximum absolute atomic E-state index is 12.7. The second-order valence-electron chi connectivity index (χ2n) is 15.2. The van der Waals surface area contributed by atoms with Gasteiger partial charge in [0.1, 0.15) is 6.61 Å². The fraction of sp³-hybridized carbons (Fsp3) is 0.745. The van der Waals surface area contributed by atoms with Gasteiger partial charge in [-0.05, 0) is 91.1 Å². The van der Waals surface area contributed by atoms with Gasteiger partial charge in [-0.25, -0.2) is 4.57 Å². The van der Waals surface area contributed by atoms with Crippen LogP contribution in [-0.2, 0) is 32.7 Å². The van der Waals surface area contributed by atoms with Gasteiger partial charge in [0.2, 0.25) is 0 Å². The van der Waals surface area contributed by atoms with Crippen molar-refractivity contribution >= 4 is 19.8 Å². The van der Waals surface area contributed by atoms with Gasteiger partial charge in [-0.3, -0.25) is 18.6 Å². The van der Waals surface area contributed by atoms with Crippen molar-refractivity contribution in [1.82, 2.24) is 4.90 Å². The SMILES string of the molecule is CC/C=C\C/C=C\C/C=C\C/C=C\CCCCC(=O)OCC(COP(=O)(O)OCCN(C)C)OC(=O)CCCCCCCCCCC/C=C\CCCCCCCC. The number of carbonyl (C=O) groups excluding carboxylic acids is 2. The minimum absolute atomic E-state index is 0.00186. The van der Waals surface area contributed by atoms with E-state index in [0.29, 0.717) is 19.4 Å². The molecule has 0 aliphatic rings. The van der Waals surface area contributed by atoms with Crippen molar-refractivity contribution < 1.29 is 37.6 Å². The summed E-state index contributed by atoms with van der Waals surface area (Å²) < 4.78 is 33.5. The number of rotatable bonds is 41. The molecule has 0 aromatic heterocycles. The molecule has 0 saturated heterocycles. The first-order valence-electron chi connectivity index (χ1n) is 22.6. The predicted octanol–water partition coefficient (Wildman–Crippen LogP) is 13.1. The lowest BCUT2D eigenvalue weighted by molar-refractivity contribution is -0.161. The third-order valence-electron chi connectivity index (χ3n) is 9.31. The van der Waals surface area contributed by atoms with E-state index >= 15 is 0 Å². The maximum atomic E-state index is 12.7. The zero-order valence-corrected chi connectivity index (χ0v) is 37.7. The highest BCUT2D eigenvalue weighted by atomic mass is 31.2. The van der Waals surface area contributed by atoms with Crippen LogP contribution in [0.3, 0.4) is 0 Å². The summed E-state index contributed by atoms with van der Waals surface area (Å²) in [4.78, 5) is 37.0. The molecule has 0 bridgehead atoms. The molecule has 0 spiro atoms. The Morgan fingerprint density at radius 2 is 1.00 bits per heavy atom. The molecular weight excluding hydrogens is 737 g/mol. The lowest BCUT2D eigenvalue weighted by Gasteiger charge is -2.20. The highest BCUT2D eigenvalue weighted by Crippen LogP contribution is 2.43. The van der Waals surface area contributed by atoms with E-state index in [1.807, 2.05) is 19.0 Å². The summed E-state index contributed by atoms with van der Waals surface area (Å²) in [7, 11) is -0.736. The van der Waals surface area contributed by atoms with Gasteiger partial charge in [-0.1, -0.05) is 152 Å². The van der Waals surface area contributed by atoms with Crippen LogP contribution in [0.2, 0.25) is 0 Å². The summed E-state index contributed by atoms with van der Waals surface area (Å²) in [5, 5.41) is 0. The average Bonchev–Trinajstić information content (AvgIpc) is 3.18. The van der Waals surface area contributed by atoms with Crippen LogP contribution in [0.25, 0.3) is 0 Å². The molecule has 0 aromatic rings. The normalized spacial score (nSPS) is 13.9. The number of nitrogens with zero attached hydrogens (tertiary/aromatic N) is 1. The van der Waals surface area contributed by atoms with Crippen molar-refractivity contribution in [3.05, 3.63) is 60.8 Å². The predicted molar refractivity (Wildman–Crippen MR) is 238 cm³/mol. The van der Waals surface area contributed by atoms with Gasteiger partial charge >= 0.3 is 19.8 Å². The Kier molecular flexibility index (Phi) is 40.2. The molecule has 10 heteroatoms. The number of carbonyl (C=O) groups is 2. The van der Waals surface area contributed by atoms with Gasteiger partial charge in [-0.15, -0.1) is 0 Å². The lowest BCUT2D eigenvalue weighted by atomic mass is 10.1. The van der Waals surface area contributed by atoms with Gasteiger partial charge in [0.15, 0.2) is 6.10 Å². The van der Waals surface area contributed by atoms with Gasteiger partial charge in [0, 0.05) is 19.4 Å². The Morgan fingerprint density at radius 1 is 0.561 bits per heavy atom. The van der Waals surface area contributed by atoms with Crippen LogP contribution >= 0.6 is 7.82 Å². The molecule has 2 atom stereocenters. The van der Waals surface area contributed by atoms with Gasteiger partial charge in [0.05, 0.1) is 13.2 Å². The Labute approximate surface area is 349 Å². The van der Waals surface area contributed by atoms with Crippen molar-refractivity contribution in [2.75, 3.05) is 40.5 Å². The Bertz CT molecular complexity index is 1130. The van der Waals surface area contributed by atoms with E-state index in [2.05, 4.69) is 74.6 Å². The number of ether oxygens (including phenoxy) is 2. The lowest BCUT2D eigenvalue weighted by Crippen LogP contribution is -2.29. The summed E-state index contributed by atoms with van der Waals surface area (Å²) in [5.41, 5.74) is 0. The van der Waals surface area contributed by atoms with Crippen molar-refractivity contribution in [3.63, 3.8) is 0 Å². The highest BCUT2D eigenvalue weighted by molar-refractivity contribution is 7.47. The van der Waals surface area contributed by atoms with Crippen molar-refractivity contribution in [2.45, 2.75) is 187 Å². The topological polar surface area (TPSA) is 112 Å². The Hall–Kier alpha value is -2.29. The molecule has 1 N–H and O–H groups in total. The van der Waals surface area contributed by atoms with Crippen molar-refractivity contribution in [2.24, 2.45) is 0 Å². The molecule has 0 aromatic carbocycles. The Morgan fingerprint density at radius 3 is 1.54 bits per heavy atom. The number of phosphoric ester groups is 1. The minimum Gasteiger partial charge on any atom is -0.462 e. The first-order valence-corrected chi connectivity index (χ1v) is 24.1. The first-order chi connectivity index (χ1) is 27.7. The van der Waals surface area contributed by atoms with Crippen LogP contribution in [-0.4, -0.2) is 68.3 Å². The molecule has 0 saturated carbocycles. The van der Waals surface area contributed by atoms with E-state index in [1.54, 1.807) is 0 Å². The summed E-state index contributed by atoms with van der Waals surface area (Å²) in [5.74, 6) is -0.855. The van der Waals surface area contributed by atoms with Crippen LogP contribution in [0, 0.1) is 0 Å². The number of phosphoric acid groups is 1. The molecular formula is C47H84NO8P. The zero-order valence-electron chi connectivity index (χ0n) is 36.8. The molecule has 2 unspecified atom stereocenters. The average molecular weight is 822 g/mol. The third-order valence-corrected chi connectivity index (χ3v) is 10.3. The number of allylic oxidation sites excluding steroid dienone is 10. The van der Waals surface area contributed by atoms with E-state index in [9.17, 15) is 19.0 Å². The maximum Gasteiger partial charge on any atom is 0.472 e. The fourth-order valence-electron chi connectivity index (χ4n) is 5.85. The molecule has 0 radical (unpaired) electrons.